The lowest BCUT2D eigenvalue weighted by Gasteiger charge is -2.23. The number of carbonyl (C=O) groups is 1. The molecule has 0 saturated heterocycles. The molecule has 22 heavy (non-hydrogen) atoms. The summed E-state index contributed by atoms with van der Waals surface area (Å²) in [6.07, 6.45) is 7.02. The van der Waals surface area contributed by atoms with Gasteiger partial charge in [-0.3, -0.25) is 0 Å². The molecular weight excluding hydrogens is 309 g/mol. The van der Waals surface area contributed by atoms with Crippen molar-refractivity contribution in [3.8, 4) is 0 Å². The third kappa shape index (κ3) is 12.1. The Bertz CT molecular complexity index is 304. The first-order valence-corrected chi connectivity index (χ1v) is 11.6. The lowest BCUT2D eigenvalue weighted by molar-refractivity contribution is -0.190. The molecule has 0 amide bonds. The van der Waals surface area contributed by atoms with Crippen LogP contribution < -0.4 is 0 Å². The Morgan fingerprint density at radius 3 is 1.68 bits per heavy atom. The molecule has 0 atom stereocenters. The van der Waals surface area contributed by atoms with Crippen molar-refractivity contribution in [1.82, 2.24) is 0 Å². The second kappa shape index (κ2) is 11.1. The summed E-state index contributed by atoms with van der Waals surface area (Å²) in [5.41, 5.74) is 0. The Hall–Kier alpha value is -0.523. The zero-order valence-electron chi connectivity index (χ0n) is 14.2. The van der Waals surface area contributed by atoms with Crippen molar-refractivity contribution in [1.29, 1.82) is 0 Å². The Kier molecular flexibility index (Phi) is 10.8. The number of carbonyl (C=O) groups excluding carboxylic acids is 1. The van der Waals surface area contributed by atoms with Crippen molar-refractivity contribution in [2.75, 3.05) is 0 Å². The van der Waals surface area contributed by atoms with E-state index < -0.39 is 20.5 Å². The average Bonchev–Trinajstić information content (AvgIpc) is 2.39. The van der Waals surface area contributed by atoms with Crippen molar-refractivity contribution in [3.05, 3.63) is 0 Å². The standard InChI is InChI=1S/C16H31F3O2Si/c1-4-5-6-7-8-9-10-11-12-13-14-22(2,3)21-15(20)16(17,18)19/h4-14H2,1-3H3. The Morgan fingerprint density at radius 1 is 0.864 bits per heavy atom. The van der Waals surface area contributed by atoms with Gasteiger partial charge in [-0.25, -0.2) is 4.79 Å². The molecule has 0 rings (SSSR count). The van der Waals surface area contributed by atoms with E-state index in [9.17, 15) is 18.0 Å². The minimum Gasteiger partial charge on any atom is -0.513 e. The summed E-state index contributed by atoms with van der Waals surface area (Å²) in [5, 5.41) is 0. The number of halogens is 3. The Balaban J connectivity index is 3.59. The number of alkyl halides is 3. The smallest absolute Gasteiger partial charge is 0.489 e. The molecule has 0 saturated carbocycles. The lowest BCUT2D eigenvalue weighted by Crippen LogP contribution is -2.39. The predicted octanol–water partition coefficient (Wildman–Crippen LogP) is 6.22. The van der Waals surface area contributed by atoms with Crippen LogP contribution in [0.15, 0.2) is 0 Å². The van der Waals surface area contributed by atoms with Crippen LogP contribution in [0, 0.1) is 0 Å². The molecule has 0 aliphatic carbocycles. The van der Waals surface area contributed by atoms with Gasteiger partial charge in [0.15, 0.2) is 0 Å². The Labute approximate surface area is 133 Å². The van der Waals surface area contributed by atoms with Crippen LogP contribution in [0.25, 0.3) is 0 Å². The first-order chi connectivity index (χ1) is 10.2. The third-order valence-electron chi connectivity index (χ3n) is 3.73. The van der Waals surface area contributed by atoms with E-state index >= 15 is 0 Å². The molecular formula is C16H31F3O2Si. The van der Waals surface area contributed by atoms with Gasteiger partial charge in [-0.05, 0) is 19.1 Å². The molecule has 0 aromatic carbocycles. The fourth-order valence-electron chi connectivity index (χ4n) is 2.40. The van der Waals surface area contributed by atoms with Gasteiger partial charge in [-0.15, -0.1) is 0 Å². The molecule has 0 heterocycles. The van der Waals surface area contributed by atoms with Crippen LogP contribution in [0.2, 0.25) is 19.1 Å². The number of unbranched alkanes of at least 4 members (excludes halogenated alkanes) is 9. The van der Waals surface area contributed by atoms with Gasteiger partial charge in [0.25, 0.3) is 0 Å². The maximum Gasteiger partial charge on any atom is 0.489 e. The van der Waals surface area contributed by atoms with Gasteiger partial charge in [0, 0.05) is 0 Å². The summed E-state index contributed by atoms with van der Waals surface area (Å²) < 4.78 is 41.2. The summed E-state index contributed by atoms with van der Waals surface area (Å²) in [6.45, 7) is 5.55. The largest absolute Gasteiger partial charge is 0.513 e. The van der Waals surface area contributed by atoms with E-state index in [1.54, 1.807) is 13.1 Å². The van der Waals surface area contributed by atoms with E-state index in [0.717, 1.165) is 19.3 Å². The zero-order chi connectivity index (χ0) is 17.1. The van der Waals surface area contributed by atoms with Crippen molar-refractivity contribution >= 4 is 14.3 Å². The molecule has 0 aromatic heterocycles. The first kappa shape index (κ1) is 21.5. The quantitative estimate of drug-likeness (QED) is 0.311. The lowest BCUT2D eigenvalue weighted by atomic mass is 10.1. The molecule has 0 aromatic rings. The van der Waals surface area contributed by atoms with Crippen molar-refractivity contribution in [3.63, 3.8) is 0 Å². The summed E-state index contributed by atoms with van der Waals surface area (Å²) in [4.78, 5) is 10.8. The molecule has 132 valence electrons. The molecule has 0 N–H and O–H groups in total. The normalized spacial score (nSPS) is 12.5. The molecule has 2 nitrogen and oxygen atoms in total. The van der Waals surface area contributed by atoms with Gasteiger partial charge in [-0.1, -0.05) is 71.1 Å². The maximum absolute atomic E-state index is 12.2. The van der Waals surface area contributed by atoms with E-state index in [1.807, 2.05) is 0 Å². The van der Waals surface area contributed by atoms with Crippen LogP contribution in [0.1, 0.15) is 71.1 Å². The fraction of sp³-hybridized carbons (Fsp3) is 0.938. The monoisotopic (exact) mass is 340 g/mol. The Morgan fingerprint density at radius 2 is 1.27 bits per heavy atom. The summed E-state index contributed by atoms with van der Waals surface area (Å²) in [7, 11) is -2.54. The predicted molar refractivity (Wildman–Crippen MR) is 86.3 cm³/mol. The van der Waals surface area contributed by atoms with E-state index in [-0.39, 0.29) is 0 Å². The molecule has 0 aliphatic rings. The summed E-state index contributed by atoms with van der Waals surface area (Å²) in [6, 6.07) is 0.602. The van der Waals surface area contributed by atoms with Crippen molar-refractivity contribution in [2.45, 2.75) is 96.4 Å². The summed E-state index contributed by atoms with van der Waals surface area (Å²) >= 11 is 0. The highest BCUT2D eigenvalue weighted by molar-refractivity contribution is 6.72. The van der Waals surface area contributed by atoms with Gasteiger partial charge in [0.05, 0.1) is 0 Å². The highest BCUT2D eigenvalue weighted by Gasteiger charge is 2.44. The topological polar surface area (TPSA) is 26.3 Å². The fourth-order valence-corrected chi connectivity index (χ4v) is 4.22. The highest BCUT2D eigenvalue weighted by atomic mass is 28.4. The molecule has 0 bridgehead atoms. The molecule has 0 spiro atoms. The van der Waals surface area contributed by atoms with Crippen LogP contribution in [-0.2, 0) is 9.22 Å². The first-order valence-electron chi connectivity index (χ1n) is 8.49. The number of rotatable bonds is 12. The molecule has 6 heteroatoms. The molecule has 0 radical (unpaired) electrons. The van der Waals surface area contributed by atoms with Crippen LogP contribution in [-0.4, -0.2) is 20.5 Å². The zero-order valence-corrected chi connectivity index (χ0v) is 15.2. The van der Waals surface area contributed by atoms with Gasteiger partial charge in [0.2, 0.25) is 8.32 Å². The van der Waals surface area contributed by atoms with Gasteiger partial charge in [0.1, 0.15) is 0 Å². The van der Waals surface area contributed by atoms with Crippen LogP contribution in [0.4, 0.5) is 13.2 Å². The van der Waals surface area contributed by atoms with Crippen molar-refractivity contribution < 1.29 is 22.4 Å². The van der Waals surface area contributed by atoms with E-state index in [2.05, 4.69) is 11.3 Å². The highest BCUT2D eigenvalue weighted by Crippen LogP contribution is 2.23. The van der Waals surface area contributed by atoms with Crippen LogP contribution >= 0.6 is 0 Å². The summed E-state index contributed by atoms with van der Waals surface area (Å²) in [5.74, 6) is -2.03. The van der Waals surface area contributed by atoms with E-state index in [1.165, 1.54) is 44.9 Å². The van der Waals surface area contributed by atoms with Crippen LogP contribution in [0.3, 0.4) is 0 Å². The molecule has 0 unspecified atom stereocenters. The van der Waals surface area contributed by atoms with Crippen molar-refractivity contribution in [2.24, 2.45) is 0 Å². The minimum absolute atomic E-state index is 0.602. The molecule has 0 fully saturated rings. The van der Waals surface area contributed by atoms with E-state index in [4.69, 9.17) is 0 Å². The SMILES string of the molecule is CCCCCCCCCCCC[Si](C)(C)OC(=O)C(F)(F)F. The average molecular weight is 341 g/mol. The van der Waals surface area contributed by atoms with Crippen LogP contribution in [0.5, 0.6) is 0 Å². The number of hydrogen-bond acceptors (Lipinski definition) is 2. The van der Waals surface area contributed by atoms with Gasteiger partial charge in [-0.2, -0.15) is 13.2 Å². The second-order valence-corrected chi connectivity index (χ2v) is 10.8. The van der Waals surface area contributed by atoms with Gasteiger partial charge < -0.3 is 4.43 Å². The third-order valence-corrected chi connectivity index (χ3v) is 6.03. The number of hydrogen-bond donors (Lipinski definition) is 0. The van der Waals surface area contributed by atoms with Gasteiger partial charge >= 0.3 is 12.1 Å². The minimum atomic E-state index is -4.87. The maximum atomic E-state index is 12.2. The van der Waals surface area contributed by atoms with E-state index in [0.29, 0.717) is 6.04 Å². The second-order valence-electron chi connectivity index (χ2n) is 6.58. The molecule has 0 aliphatic heterocycles.